The molecule has 1 fully saturated rings. The molecule has 1 rings (SSSR count). The lowest BCUT2D eigenvalue weighted by molar-refractivity contribution is -0.301. The van der Waals surface area contributed by atoms with Crippen LogP contribution in [0.2, 0.25) is 0 Å². The molecule has 0 aliphatic carbocycles. The number of carbonyl (C=O) groups excluding carboxylic acids is 1. The summed E-state index contributed by atoms with van der Waals surface area (Å²) in [5, 5.41) is 30.5. The van der Waals surface area contributed by atoms with Crippen molar-refractivity contribution in [1.82, 2.24) is 0 Å². The molecule has 53 heavy (non-hydrogen) atoms. The van der Waals surface area contributed by atoms with Crippen LogP contribution in [-0.2, 0) is 38.3 Å². The summed E-state index contributed by atoms with van der Waals surface area (Å²) in [6, 6.07) is 0. The van der Waals surface area contributed by atoms with Crippen molar-refractivity contribution >= 4 is 16.4 Å². The lowest BCUT2D eigenvalue weighted by atomic mass is 9.99. The second kappa shape index (κ2) is 32.1. The Morgan fingerprint density at radius 3 is 1.92 bits per heavy atom. The van der Waals surface area contributed by atoms with Crippen LogP contribution in [0.3, 0.4) is 0 Å². The molecule has 1 aliphatic rings. The predicted octanol–water partition coefficient (Wildman–Crippen LogP) is 7.01. The number of allylic oxidation sites excluding steroid dienone is 10. The molecule has 4 N–H and O–H groups in total. The molecule has 0 bridgehead atoms. The van der Waals surface area contributed by atoms with Gasteiger partial charge in [0.15, 0.2) is 6.29 Å². The second-order valence-corrected chi connectivity index (χ2v) is 14.2. The zero-order chi connectivity index (χ0) is 39.0. The van der Waals surface area contributed by atoms with Crippen LogP contribution in [0.4, 0.5) is 0 Å². The molecular formula is C40H68O12S. The monoisotopic (exact) mass is 772 g/mol. The van der Waals surface area contributed by atoms with Crippen molar-refractivity contribution < 1.29 is 56.2 Å². The van der Waals surface area contributed by atoms with Crippen LogP contribution in [-0.4, -0.2) is 97.5 Å². The summed E-state index contributed by atoms with van der Waals surface area (Å²) in [5.74, 6) is -0.446. The Morgan fingerprint density at radius 2 is 1.30 bits per heavy atom. The van der Waals surface area contributed by atoms with Crippen molar-refractivity contribution in [3.05, 3.63) is 60.8 Å². The zero-order valence-corrected chi connectivity index (χ0v) is 32.9. The molecule has 1 heterocycles. The zero-order valence-electron chi connectivity index (χ0n) is 32.0. The second-order valence-electron chi connectivity index (χ2n) is 13.1. The topological polar surface area (TPSA) is 178 Å². The van der Waals surface area contributed by atoms with Crippen LogP contribution >= 0.6 is 0 Å². The van der Waals surface area contributed by atoms with E-state index in [4.69, 9.17) is 23.5 Å². The van der Waals surface area contributed by atoms with Crippen LogP contribution in [0.25, 0.3) is 0 Å². The third-order valence-electron chi connectivity index (χ3n) is 8.35. The van der Waals surface area contributed by atoms with Gasteiger partial charge in [-0.3, -0.25) is 9.35 Å². The van der Waals surface area contributed by atoms with Crippen LogP contribution in [0, 0.1) is 0 Å². The van der Waals surface area contributed by atoms with Crippen LogP contribution in [0.1, 0.15) is 123 Å². The summed E-state index contributed by atoms with van der Waals surface area (Å²) in [6.07, 6.45) is 28.4. The highest BCUT2D eigenvalue weighted by molar-refractivity contribution is 7.80. The van der Waals surface area contributed by atoms with Gasteiger partial charge < -0.3 is 34.3 Å². The molecule has 6 unspecified atom stereocenters. The molecule has 12 nitrogen and oxygen atoms in total. The van der Waals surface area contributed by atoms with Crippen molar-refractivity contribution in [2.75, 3.05) is 26.4 Å². The van der Waals surface area contributed by atoms with Gasteiger partial charge in [-0.15, -0.1) is 0 Å². The first-order valence-electron chi connectivity index (χ1n) is 19.5. The molecule has 1 saturated heterocycles. The Labute approximate surface area is 318 Å². The smallest absolute Gasteiger partial charge is 0.397 e. The summed E-state index contributed by atoms with van der Waals surface area (Å²) >= 11 is 0. The van der Waals surface area contributed by atoms with Crippen LogP contribution in [0.15, 0.2) is 60.8 Å². The average molecular weight is 773 g/mol. The summed E-state index contributed by atoms with van der Waals surface area (Å²) in [7, 11) is -5.06. The van der Waals surface area contributed by atoms with E-state index in [1.807, 2.05) is 0 Å². The standard InChI is InChI=1S/C40H68O12S/c1-3-5-7-9-11-13-15-16-17-18-19-21-23-25-27-29-36(42)50-34(32-48-30-28-26-24-22-20-14-12-10-8-6-4-2)33-49-40-38(44)39(52-53(45,46)47)37(43)35(31-41)51-40/h5,7-8,10-11,13,16-17,19,21,34-35,37-41,43-44H,3-4,6,9,12,14-15,18,20,22-33H2,1-2H3,(H,45,46,47)/b7-5-,10-8-,13-11-,17-16-,21-19-. The van der Waals surface area contributed by atoms with E-state index >= 15 is 0 Å². The van der Waals surface area contributed by atoms with Gasteiger partial charge in [0.1, 0.15) is 30.5 Å². The number of hydrogen-bond acceptors (Lipinski definition) is 11. The van der Waals surface area contributed by atoms with Gasteiger partial charge in [0.25, 0.3) is 0 Å². The van der Waals surface area contributed by atoms with Gasteiger partial charge in [0.2, 0.25) is 0 Å². The maximum atomic E-state index is 12.8. The predicted molar refractivity (Wildman–Crippen MR) is 206 cm³/mol. The first-order valence-corrected chi connectivity index (χ1v) is 20.9. The fourth-order valence-electron chi connectivity index (χ4n) is 5.43. The molecule has 306 valence electrons. The van der Waals surface area contributed by atoms with Crippen molar-refractivity contribution in [3.8, 4) is 0 Å². The molecule has 0 radical (unpaired) electrons. The largest absolute Gasteiger partial charge is 0.457 e. The highest BCUT2D eigenvalue weighted by Crippen LogP contribution is 2.26. The highest BCUT2D eigenvalue weighted by atomic mass is 32.3. The number of ether oxygens (including phenoxy) is 4. The van der Waals surface area contributed by atoms with E-state index in [1.54, 1.807) is 0 Å². The highest BCUT2D eigenvalue weighted by Gasteiger charge is 2.48. The van der Waals surface area contributed by atoms with Gasteiger partial charge >= 0.3 is 16.4 Å². The van der Waals surface area contributed by atoms with E-state index in [-0.39, 0.29) is 19.6 Å². The lowest BCUT2D eigenvalue weighted by Gasteiger charge is -2.41. The Kier molecular flexibility index (Phi) is 29.6. The average Bonchev–Trinajstić information content (AvgIpc) is 3.12. The first-order chi connectivity index (χ1) is 25.6. The molecule has 0 aromatic heterocycles. The third kappa shape index (κ3) is 26.3. The number of rotatable bonds is 32. The van der Waals surface area contributed by atoms with Crippen LogP contribution < -0.4 is 0 Å². The fourth-order valence-corrected chi connectivity index (χ4v) is 5.94. The van der Waals surface area contributed by atoms with E-state index in [2.05, 4.69) is 78.8 Å². The lowest BCUT2D eigenvalue weighted by Crippen LogP contribution is -2.60. The molecule has 0 spiro atoms. The number of unbranched alkanes of at least 4 members (excludes halogenated alkanes) is 9. The Morgan fingerprint density at radius 1 is 0.736 bits per heavy atom. The van der Waals surface area contributed by atoms with Crippen molar-refractivity contribution in [2.24, 2.45) is 0 Å². The SMILES string of the molecule is CC/C=C\C/C=C\C/C=C\C/C=C\CCCCC(=O)OC(COCCCCCCCC/C=C\CCC)COC1OC(CO)C(O)C(OS(=O)(=O)O)C1O. The minimum Gasteiger partial charge on any atom is -0.457 e. The molecular weight excluding hydrogens is 704 g/mol. The van der Waals surface area contributed by atoms with E-state index in [0.29, 0.717) is 13.0 Å². The number of aliphatic hydroxyl groups is 3. The van der Waals surface area contributed by atoms with Gasteiger partial charge in [-0.25, -0.2) is 4.18 Å². The molecule has 1 aliphatic heterocycles. The summed E-state index contributed by atoms with van der Waals surface area (Å²) < 4.78 is 58.7. The van der Waals surface area contributed by atoms with E-state index < -0.39 is 59.8 Å². The van der Waals surface area contributed by atoms with Crippen molar-refractivity contribution in [3.63, 3.8) is 0 Å². The van der Waals surface area contributed by atoms with Gasteiger partial charge in [0, 0.05) is 13.0 Å². The summed E-state index contributed by atoms with van der Waals surface area (Å²) in [4.78, 5) is 12.8. The quantitative estimate of drug-likeness (QED) is 0.0238. The van der Waals surface area contributed by atoms with Crippen molar-refractivity contribution in [2.45, 2.75) is 160 Å². The maximum absolute atomic E-state index is 12.8. The fraction of sp³-hybridized carbons (Fsp3) is 0.725. The van der Waals surface area contributed by atoms with E-state index in [9.17, 15) is 28.5 Å². The summed E-state index contributed by atoms with van der Waals surface area (Å²) in [5.41, 5.74) is 0. The minimum absolute atomic E-state index is 0.0115. The molecule has 6 atom stereocenters. The first kappa shape index (κ1) is 48.8. The van der Waals surface area contributed by atoms with E-state index in [1.165, 1.54) is 19.3 Å². The Hall–Kier alpha value is -2.20. The molecule has 0 aromatic rings. The number of aliphatic hydroxyl groups excluding tert-OH is 3. The molecule has 0 saturated carbocycles. The van der Waals surface area contributed by atoms with E-state index in [0.717, 1.165) is 77.0 Å². The third-order valence-corrected chi connectivity index (χ3v) is 8.82. The van der Waals surface area contributed by atoms with Gasteiger partial charge in [-0.2, -0.15) is 8.42 Å². The maximum Gasteiger partial charge on any atom is 0.397 e. The molecule has 0 aromatic carbocycles. The molecule has 0 amide bonds. The van der Waals surface area contributed by atoms with Crippen LogP contribution in [0.5, 0.6) is 0 Å². The number of esters is 1. The van der Waals surface area contributed by atoms with Gasteiger partial charge in [-0.1, -0.05) is 107 Å². The van der Waals surface area contributed by atoms with Gasteiger partial charge in [0.05, 0.1) is 19.8 Å². The Bertz CT molecular complexity index is 1170. The van der Waals surface area contributed by atoms with Crippen molar-refractivity contribution in [1.29, 1.82) is 0 Å². The Balaban J connectivity index is 2.55. The number of carbonyl (C=O) groups is 1. The summed E-state index contributed by atoms with van der Waals surface area (Å²) in [6.45, 7) is 3.71. The normalized spacial score (nSPS) is 22.0. The molecule has 13 heteroatoms. The van der Waals surface area contributed by atoms with Gasteiger partial charge in [-0.05, 0) is 70.6 Å². The minimum atomic E-state index is -5.06. The number of hydrogen-bond donors (Lipinski definition) is 4.